The Hall–Kier alpha value is -4.38. The normalized spacial score (nSPS) is 10.5. The van der Waals surface area contributed by atoms with Gasteiger partial charge < -0.3 is 14.8 Å². The third-order valence-corrected chi connectivity index (χ3v) is 5.74. The molecule has 2 heterocycles. The first-order valence-electron chi connectivity index (χ1n) is 10.2. The Bertz CT molecular complexity index is 1290. The highest BCUT2D eigenvalue weighted by Crippen LogP contribution is 2.35. The first kappa shape index (κ1) is 22.8. The van der Waals surface area contributed by atoms with Crippen LogP contribution in [0, 0.1) is 0 Å². The second-order valence-corrected chi connectivity index (χ2v) is 7.92. The largest absolute Gasteiger partial charge is 0.462 e. The van der Waals surface area contributed by atoms with E-state index in [2.05, 4.69) is 20.8 Å². The first-order valence-corrected chi connectivity index (χ1v) is 11.0. The molecule has 0 saturated carbocycles. The Balaban J connectivity index is 1.41. The molecular formula is C23H19N5O5S. The number of thiophene rings is 1. The van der Waals surface area contributed by atoms with Gasteiger partial charge in [-0.25, -0.2) is 14.3 Å². The number of nitrogens with zero attached hydrogens (tertiary/aromatic N) is 4. The SMILES string of the molecule is CCOC(=O)c1sc(-c2ccccc2)cc1NC(=O)COC(=O)c1ccc(-n2cnnn2)cc1. The molecule has 2 aromatic carbocycles. The van der Waals surface area contributed by atoms with E-state index in [1.54, 1.807) is 37.3 Å². The summed E-state index contributed by atoms with van der Waals surface area (Å²) in [6.45, 7) is 1.39. The highest BCUT2D eigenvalue weighted by Gasteiger charge is 2.20. The van der Waals surface area contributed by atoms with Gasteiger partial charge in [0, 0.05) is 4.88 Å². The highest BCUT2D eigenvalue weighted by atomic mass is 32.1. The summed E-state index contributed by atoms with van der Waals surface area (Å²) < 4.78 is 11.7. The zero-order chi connectivity index (χ0) is 23.9. The lowest BCUT2D eigenvalue weighted by molar-refractivity contribution is -0.119. The summed E-state index contributed by atoms with van der Waals surface area (Å²) in [5.41, 5.74) is 2.13. The van der Waals surface area contributed by atoms with E-state index >= 15 is 0 Å². The van der Waals surface area contributed by atoms with E-state index in [0.29, 0.717) is 11.4 Å². The summed E-state index contributed by atoms with van der Waals surface area (Å²) in [5.74, 6) is -1.79. The summed E-state index contributed by atoms with van der Waals surface area (Å²) in [5, 5.41) is 13.5. The van der Waals surface area contributed by atoms with E-state index in [1.165, 1.54) is 22.3 Å². The van der Waals surface area contributed by atoms with Crippen molar-refractivity contribution in [2.45, 2.75) is 6.92 Å². The minimum absolute atomic E-state index is 0.203. The van der Waals surface area contributed by atoms with Gasteiger partial charge in [0.25, 0.3) is 5.91 Å². The first-order chi connectivity index (χ1) is 16.5. The van der Waals surface area contributed by atoms with Crippen LogP contribution in [0.4, 0.5) is 5.69 Å². The van der Waals surface area contributed by atoms with Crippen LogP contribution in [0.3, 0.4) is 0 Å². The van der Waals surface area contributed by atoms with Crippen molar-refractivity contribution in [3.05, 3.63) is 77.4 Å². The molecule has 0 radical (unpaired) electrons. The lowest BCUT2D eigenvalue weighted by atomic mass is 10.2. The number of tetrazole rings is 1. The van der Waals surface area contributed by atoms with Gasteiger partial charge in [0.2, 0.25) is 0 Å². The lowest BCUT2D eigenvalue weighted by Gasteiger charge is -2.08. The maximum Gasteiger partial charge on any atom is 0.350 e. The monoisotopic (exact) mass is 477 g/mol. The van der Waals surface area contributed by atoms with Gasteiger partial charge in [-0.05, 0) is 53.2 Å². The predicted octanol–water partition coefficient (Wildman–Crippen LogP) is 3.36. The molecule has 0 bridgehead atoms. The lowest BCUT2D eigenvalue weighted by Crippen LogP contribution is -2.21. The third-order valence-electron chi connectivity index (χ3n) is 4.58. The molecule has 34 heavy (non-hydrogen) atoms. The quantitative estimate of drug-likeness (QED) is 0.383. The number of carbonyl (C=O) groups excluding carboxylic acids is 3. The molecule has 4 rings (SSSR count). The highest BCUT2D eigenvalue weighted by molar-refractivity contribution is 7.18. The molecule has 0 fully saturated rings. The number of anilines is 1. The Labute approximate surface area is 198 Å². The van der Waals surface area contributed by atoms with Crippen LogP contribution in [0.15, 0.2) is 67.0 Å². The van der Waals surface area contributed by atoms with Crippen LogP contribution in [0.1, 0.15) is 27.0 Å². The fourth-order valence-corrected chi connectivity index (χ4v) is 4.02. The topological polar surface area (TPSA) is 125 Å². The number of benzene rings is 2. The van der Waals surface area contributed by atoms with Crippen molar-refractivity contribution < 1.29 is 23.9 Å². The van der Waals surface area contributed by atoms with E-state index in [-0.39, 0.29) is 17.0 Å². The fraction of sp³-hybridized carbons (Fsp3) is 0.130. The summed E-state index contributed by atoms with van der Waals surface area (Å²) in [6, 6.07) is 17.5. The van der Waals surface area contributed by atoms with Crippen LogP contribution in [-0.2, 0) is 14.3 Å². The predicted molar refractivity (Wildman–Crippen MR) is 124 cm³/mol. The Morgan fingerprint density at radius 2 is 1.76 bits per heavy atom. The Morgan fingerprint density at radius 1 is 1.00 bits per heavy atom. The Kier molecular flexibility index (Phi) is 7.04. The van der Waals surface area contributed by atoms with E-state index < -0.39 is 24.5 Å². The van der Waals surface area contributed by atoms with Gasteiger partial charge in [0.15, 0.2) is 6.61 Å². The van der Waals surface area contributed by atoms with Crippen LogP contribution in [0.25, 0.3) is 16.1 Å². The smallest absolute Gasteiger partial charge is 0.350 e. The Morgan fingerprint density at radius 3 is 2.44 bits per heavy atom. The molecule has 172 valence electrons. The van der Waals surface area contributed by atoms with Crippen molar-refractivity contribution in [2.75, 3.05) is 18.5 Å². The van der Waals surface area contributed by atoms with E-state index in [1.807, 2.05) is 30.3 Å². The van der Waals surface area contributed by atoms with Crippen molar-refractivity contribution in [1.29, 1.82) is 0 Å². The standard InChI is InChI=1S/C23H19N5O5S/c1-2-32-23(31)21-18(12-19(34-21)15-6-4-3-5-7-15)25-20(29)13-33-22(30)16-8-10-17(11-9-16)28-14-24-26-27-28/h3-12,14H,2,13H2,1H3,(H,25,29). The second-order valence-electron chi connectivity index (χ2n) is 6.87. The molecule has 0 atom stereocenters. The second kappa shape index (κ2) is 10.5. The van der Waals surface area contributed by atoms with Crippen LogP contribution in [0.2, 0.25) is 0 Å². The van der Waals surface area contributed by atoms with Gasteiger partial charge in [-0.1, -0.05) is 30.3 Å². The van der Waals surface area contributed by atoms with Crippen molar-refractivity contribution in [1.82, 2.24) is 20.2 Å². The number of nitrogens with one attached hydrogen (secondary N) is 1. The molecular weight excluding hydrogens is 458 g/mol. The van der Waals surface area contributed by atoms with Crippen LogP contribution < -0.4 is 5.32 Å². The number of hydrogen-bond donors (Lipinski definition) is 1. The fourth-order valence-electron chi connectivity index (χ4n) is 3.01. The minimum atomic E-state index is -0.667. The number of aromatic nitrogens is 4. The van der Waals surface area contributed by atoms with Gasteiger partial charge in [0.1, 0.15) is 11.2 Å². The zero-order valence-corrected chi connectivity index (χ0v) is 18.8. The molecule has 0 saturated heterocycles. The number of esters is 2. The van der Waals surface area contributed by atoms with Crippen molar-refractivity contribution >= 4 is 34.9 Å². The summed E-state index contributed by atoms with van der Waals surface area (Å²) in [6.07, 6.45) is 1.43. The molecule has 0 aliphatic carbocycles. The average molecular weight is 478 g/mol. The van der Waals surface area contributed by atoms with E-state index in [9.17, 15) is 14.4 Å². The summed E-state index contributed by atoms with van der Waals surface area (Å²) >= 11 is 1.21. The van der Waals surface area contributed by atoms with Crippen LogP contribution >= 0.6 is 11.3 Å². The van der Waals surface area contributed by atoms with Crippen molar-refractivity contribution in [2.24, 2.45) is 0 Å². The molecule has 10 nitrogen and oxygen atoms in total. The minimum Gasteiger partial charge on any atom is -0.462 e. The van der Waals surface area contributed by atoms with Gasteiger partial charge in [-0.2, -0.15) is 0 Å². The molecule has 0 unspecified atom stereocenters. The van der Waals surface area contributed by atoms with Gasteiger partial charge in [-0.3, -0.25) is 4.79 Å². The number of carbonyl (C=O) groups is 3. The molecule has 0 aliphatic rings. The number of amides is 1. The van der Waals surface area contributed by atoms with Crippen LogP contribution in [0.5, 0.6) is 0 Å². The van der Waals surface area contributed by atoms with Crippen molar-refractivity contribution in [3.8, 4) is 16.1 Å². The maximum absolute atomic E-state index is 12.5. The summed E-state index contributed by atoms with van der Waals surface area (Å²) in [7, 11) is 0. The van der Waals surface area contributed by atoms with Gasteiger partial charge in [-0.15, -0.1) is 16.4 Å². The molecule has 11 heteroatoms. The van der Waals surface area contributed by atoms with E-state index in [0.717, 1.165) is 10.4 Å². The number of rotatable bonds is 8. The third kappa shape index (κ3) is 5.33. The maximum atomic E-state index is 12.5. The molecule has 4 aromatic rings. The molecule has 2 aromatic heterocycles. The molecule has 1 amide bonds. The number of ether oxygens (including phenoxy) is 2. The molecule has 0 aliphatic heterocycles. The van der Waals surface area contributed by atoms with Crippen LogP contribution in [-0.4, -0.2) is 51.3 Å². The molecule has 1 N–H and O–H groups in total. The zero-order valence-electron chi connectivity index (χ0n) is 18.0. The average Bonchev–Trinajstić information content (AvgIpc) is 3.54. The summed E-state index contributed by atoms with van der Waals surface area (Å²) in [4.78, 5) is 38.2. The number of hydrogen-bond acceptors (Lipinski definition) is 9. The van der Waals surface area contributed by atoms with Gasteiger partial charge in [0.05, 0.1) is 23.5 Å². The molecule has 0 spiro atoms. The van der Waals surface area contributed by atoms with Gasteiger partial charge >= 0.3 is 11.9 Å². The van der Waals surface area contributed by atoms with Crippen molar-refractivity contribution in [3.63, 3.8) is 0 Å². The van der Waals surface area contributed by atoms with E-state index in [4.69, 9.17) is 9.47 Å².